The van der Waals surface area contributed by atoms with E-state index in [4.69, 9.17) is 16.7 Å². The maximum Gasteiger partial charge on any atom is 0.261 e. The zero-order chi connectivity index (χ0) is 22.6. The third-order valence-electron chi connectivity index (χ3n) is 7.08. The van der Waals surface area contributed by atoms with E-state index in [1.807, 2.05) is 61.5 Å². The van der Waals surface area contributed by atoms with Gasteiger partial charge in [0.1, 0.15) is 5.41 Å². The molecule has 0 radical (unpaired) electrons. The zero-order valence-corrected chi connectivity index (χ0v) is 19.0. The Hall–Kier alpha value is -3.45. The number of fused-ring (bicyclic) bond motifs is 4. The van der Waals surface area contributed by atoms with E-state index in [9.17, 15) is 4.79 Å². The molecule has 1 spiro atoms. The fourth-order valence-corrected chi connectivity index (χ4v) is 5.63. The van der Waals surface area contributed by atoms with E-state index >= 15 is 0 Å². The SMILES string of the molecule is CC1=NN(c2ccccc2)C(=O)[C@@]12Cc1ccc(Cl)cc1N1CCN(c3ncccn3)C[C@H]12. The number of hydrazone groups is 1. The molecule has 1 amide bonds. The second kappa shape index (κ2) is 7.56. The van der Waals surface area contributed by atoms with Gasteiger partial charge in [0.2, 0.25) is 5.95 Å². The van der Waals surface area contributed by atoms with E-state index in [1.54, 1.807) is 17.4 Å². The van der Waals surface area contributed by atoms with Crippen LogP contribution in [-0.2, 0) is 11.2 Å². The number of halogens is 1. The van der Waals surface area contributed by atoms with Gasteiger partial charge in [-0.05, 0) is 49.2 Å². The van der Waals surface area contributed by atoms with Gasteiger partial charge in [0, 0.05) is 42.7 Å². The summed E-state index contributed by atoms with van der Waals surface area (Å²) in [5.41, 5.74) is 3.07. The Balaban J connectivity index is 1.47. The monoisotopic (exact) mass is 458 g/mol. The summed E-state index contributed by atoms with van der Waals surface area (Å²) in [6.07, 6.45) is 4.09. The van der Waals surface area contributed by atoms with Crippen molar-refractivity contribution in [1.29, 1.82) is 0 Å². The number of hydrogen-bond donors (Lipinski definition) is 0. The lowest BCUT2D eigenvalue weighted by Gasteiger charge is -2.53. The minimum atomic E-state index is -0.774. The van der Waals surface area contributed by atoms with Crippen molar-refractivity contribution in [2.75, 3.05) is 34.4 Å². The molecule has 0 N–H and O–H groups in total. The van der Waals surface area contributed by atoms with Crippen molar-refractivity contribution >= 4 is 40.5 Å². The molecule has 0 bridgehead atoms. The quantitative estimate of drug-likeness (QED) is 0.584. The molecular weight excluding hydrogens is 436 g/mol. The summed E-state index contributed by atoms with van der Waals surface area (Å²) >= 11 is 6.39. The second-order valence-corrected chi connectivity index (χ2v) is 9.20. The van der Waals surface area contributed by atoms with Crippen molar-refractivity contribution in [2.45, 2.75) is 19.4 Å². The number of carbonyl (C=O) groups excluding carboxylic acids is 1. The molecule has 1 saturated heterocycles. The van der Waals surface area contributed by atoms with Gasteiger partial charge in [0.25, 0.3) is 5.91 Å². The molecule has 33 heavy (non-hydrogen) atoms. The van der Waals surface area contributed by atoms with Crippen LogP contribution < -0.4 is 14.8 Å². The molecule has 1 aromatic heterocycles. The van der Waals surface area contributed by atoms with Crippen LogP contribution in [0.25, 0.3) is 0 Å². The maximum absolute atomic E-state index is 14.2. The van der Waals surface area contributed by atoms with Crippen molar-refractivity contribution in [3.05, 3.63) is 77.6 Å². The summed E-state index contributed by atoms with van der Waals surface area (Å²) in [4.78, 5) is 27.6. The van der Waals surface area contributed by atoms with Crippen molar-refractivity contribution < 1.29 is 4.79 Å². The zero-order valence-electron chi connectivity index (χ0n) is 18.2. The van der Waals surface area contributed by atoms with Crippen LogP contribution in [0, 0.1) is 5.41 Å². The van der Waals surface area contributed by atoms with Gasteiger partial charge in [0.05, 0.1) is 17.4 Å². The highest BCUT2D eigenvalue weighted by Crippen LogP contribution is 2.48. The van der Waals surface area contributed by atoms with Crippen LogP contribution in [-0.4, -0.2) is 47.3 Å². The highest BCUT2D eigenvalue weighted by molar-refractivity contribution is 6.31. The normalized spacial score (nSPS) is 24.1. The molecule has 3 aromatic rings. The number of amides is 1. The van der Waals surface area contributed by atoms with Crippen LogP contribution in [0.5, 0.6) is 0 Å². The molecule has 7 nitrogen and oxygen atoms in total. The lowest BCUT2D eigenvalue weighted by Crippen LogP contribution is -2.67. The number of para-hydroxylation sites is 1. The van der Waals surface area contributed by atoms with Crippen molar-refractivity contribution in [3.63, 3.8) is 0 Å². The summed E-state index contributed by atoms with van der Waals surface area (Å²) in [6.45, 7) is 4.11. The number of benzene rings is 2. The van der Waals surface area contributed by atoms with Gasteiger partial charge >= 0.3 is 0 Å². The Bertz CT molecular complexity index is 1250. The topological polar surface area (TPSA) is 64.9 Å². The van der Waals surface area contributed by atoms with Gasteiger partial charge in [-0.25, -0.2) is 9.97 Å². The van der Waals surface area contributed by atoms with E-state index in [1.165, 1.54) is 0 Å². The van der Waals surface area contributed by atoms with Crippen molar-refractivity contribution in [2.24, 2.45) is 10.5 Å². The van der Waals surface area contributed by atoms with Crippen LogP contribution in [0.15, 0.2) is 72.1 Å². The molecule has 0 unspecified atom stereocenters. The molecule has 0 saturated carbocycles. The number of nitrogens with zero attached hydrogens (tertiary/aromatic N) is 6. The lowest BCUT2D eigenvalue weighted by molar-refractivity contribution is -0.125. The Kier molecular flexibility index (Phi) is 4.62. The second-order valence-electron chi connectivity index (χ2n) is 8.76. The highest BCUT2D eigenvalue weighted by Gasteiger charge is 2.60. The van der Waals surface area contributed by atoms with Crippen molar-refractivity contribution in [1.82, 2.24) is 9.97 Å². The molecule has 1 fully saturated rings. The molecule has 0 aliphatic carbocycles. The fourth-order valence-electron chi connectivity index (χ4n) is 5.46. The van der Waals surface area contributed by atoms with Crippen LogP contribution >= 0.6 is 11.6 Å². The van der Waals surface area contributed by atoms with E-state index in [-0.39, 0.29) is 11.9 Å². The number of carbonyl (C=O) groups is 1. The predicted octanol–water partition coefficient (Wildman–Crippen LogP) is 3.79. The molecule has 166 valence electrons. The van der Waals surface area contributed by atoms with E-state index < -0.39 is 5.41 Å². The first kappa shape index (κ1) is 20.2. The van der Waals surface area contributed by atoms with E-state index in [0.717, 1.165) is 35.7 Å². The van der Waals surface area contributed by atoms with Crippen LogP contribution in [0.2, 0.25) is 5.02 Å². The standard InChI is InChI=1S/C25H23ClN6O/c1-17-25(23(33)32(29-17)20-6-3-2-4-7-20)15-18-8-9-19(26)14-21(18)31-13-12-30(16-22(25)31)24-27-10-5-11-28-24/h2-11,14,22H,12-13,15-16H2,1H3/t22-,25-/m0/s1. The van der Waals surface area contributed by atoms with Gasteiger partial charge in [0.15, 0.2) is 0 Å². The average Bonchev–Trinajstić information content (AvgIpc) is 3.11. The first-order valence-corrected chi connectivity index (χ1v) is 11.5. The van der Waals surface area contributed by atoms with Gasteiger partial charge in [-0.15, -0.1) is 0 Å². The maximum atomic E-state index is 14.2. The first-order chi connectivity index (χ1) is 16.1. The summed E-state index contributed by atoms with van der Waals surface area (Å²) in [5, 5.41) is 7.07. The summed E-state index contributed by atoms with van der Waals surface area (Å²) < 4.78 is 0. The average molecular weight is 459 g/mol. The minimum Gasteiger partial charge on any atom is -0.363 e. The Labute approximate surface area is 197 Å². The van der Waals surface area contributed by atoms with Crippen LogP contribution in [0.3, 0.4) is 0 Å². The Morgan fingerprint density at radius 3 is 2.61 bits per heavy atom. The fraction of sp³-hybridized carbons (Fsp3) is 0.280. The largest absolute Gasteiger partial charge is 0.363 e. The molecule has 3 aliphatic rings. The molecule has 3 aliphatic heterocycles. The third kappa shape index (κ3) is 3.03. The summed E-state index contributed by atoms with van der Waals surface area (Å²) in [6, 6.07) is 17.3. The minimum absolute atomic E-state index is 0.0117. The number of anilines is 3. The smallest absolute Gasteiger partial charge is 0.261 e. The van der Waals surface area contributed by atoms with E-state index in [0.29, 0.717) is 23.9 Å². The first-order valence-electron chi connectivity index (χ1n) is 11.1. The summed E-state index contributed by atoms with van der Waals surface area (Å²) in [5.74, 6) is 0.696. The molecular formula is C25H23ClN6O. The Morgan fingerprint density at radius 2 is 1.82 bits per heavy atom. The van der Waals surface area contributed by atoms with Gasteiger partial charge < -0.3 is 9.80 Å². The van der Waals surface area contributed by atoms with Crippen LogP contribution in [0.4, 0.5) is 17.3 Å². The summed E-state index contributed by atoms with van der Waals surface area (Å²) in [7, 11) is 0. The lowest BCUT2D eigenvalue weighted by atomic mass is 9.67. The number of piperazine rings is 1. The third-order valence-corrected chi connectivity index (χ3v) is 7.32. The van der Waals surface area contributed by atoms with Crippen molar-refractivity contribution in [3.8, 4) is 0 Å². The number of rotatable bonds is 2. The molecule has 2 aromatic carbocycles. The van der Waals surface area contributed by atoms with Gasteiger partial charge in [-0.3, -0.25) is 4.79 Å². The Morgan fingerprint density at radius 1 is 1.03 bits per heavy atom. The molecule has 6 rings (SSSR count). The van der Waals surface area contributed by atoms with Crippen LogP contribution in [0.1, 0.15) is 12.5 Å². The highest BCUT2D eigenvalue weighted by atomic mass is 35.5. The number of hydrogen-bond acceptors (Lipinski definition) is 6. The predicted molar refractivity (Wildman–Crippen MR) is 130 cm³/mol. The molecule has 8 heteroatoms. The van der Waals surface area contributed by atoms with Gasteiger partial charge in [-0.1, -0.05) is 35.9 Å². The van der Waals surface area contributed by atoms with E-state index in [2.05, 4.69) is 19.8 Å². The molecule has 2 atom stereocenters. The molecule has 4 heterocycles. The number of aromatic nitrogens is 2. The van der Waals surface area contributed by atoms with Gasteiger partial charge in [-0.2, -0.15) is 10.1 Å².